The summed E-state index contributed by atoms with van der Waals surface area (Å²) < 4.78 is 12.2. The number of pyridine rings is 4. The fourth-order valence-corrected chi connectivity index (χ4v) is 7.30. The van der Waals surface area contributed by atoms with Crippen molar-refractivity contribution < 1.29 is 61.2 Å². The first-order chi connectivity index (χ1) is 31.5. The van der Waals surface area contributed by atoms with E-state index in [2.05, 4.69) is 44.2 Å². The van der Waals surface area contributed by atoms with Gasteiger partial charge in [-0.2, -0.15) is 47.2 Å². The van der Waals surface area contributed by atoms with Gasteiger partial charge in [0.05, 0.1) is 11.4 Å². The van der Waals surface area contributed by atoms with Crippen LogP contribution in [-0.4, -0.2) is 31.5 Å². The molecule has 320 valence electrons. The number of hydrogen-bond acceptors (Lipinski definition) is 8. The molecule has 4 aromatic heterocycles. The second-order valence-corrected chi connectivity index (χ2v) is 14.6. The SMILES string of the molecule is O=C(c1[c-]c2c(cc1)ccc1ccc(C(=O)c3ccccn3)[c-]c12)c1ccccn1.[Pt+2].[Pt+2].[c-]1c(Oc2nccc3ccccc23)cccc1-c1[c-]c(Oc2nccc3ccccc23)ccc1. The Morgan fingerprint density at radius 1 is 0.364 bits per heavy atom. The van der Waals surface area contributed by atoms with E-state index in [0.29, 0.717) is 45.8 Å². The number of rotatable bonds is 9. The van der Waals surface area contributed by atoms with Crippen molar-refractivity contribution in [1.82, 2.24) is 19.9 Å². The maximum Gasteiger partial charge on any atom is 2.00 e. The van der Waals surface area contributed by atoms with Crippen LogP contribution in [0.15, 0.2) is 195 Å². The average molecular weight is 1220 g/mol. The van der Waals surface area contributed by atoms with Crippen LogP contribution in [0.1, 0.15) is 32.1 Å². The number of ether oxygens (including phenoxy) is 2. The van der Waals surface area contributed by atoms with Crippen molar-refractivity contribution in [3.05, 3.63) is 241 Å². The molecule has 0 aliphatic rings. The number of aromatic nitrogens is 4. The molecular formula is C56H32N4O4Pt2. The molecule has 0 aliphatic heterocycles. The van der Waals surface area contributed by atoms with Crippen LogP contribution in [-0.2, 0) is 42.1 Å². The summed E-state index contributed by atoms with van der Waals surface area (Å²) in [4.78, 5) is 42.7. The third-order valence-electron chi connectivity index (χ3n) is 10.4. The Morgan fingerprint density at radius 2 is 0.788 bits per heavy atom. The van der Waals surface area contributed by atoms with Gasteiger partial charge in [0.1, 0.15) is 11.6 Å². The third-order valence-corrected chi connectivity index (χ3v) is 10.4. The van der Waals surface area contributed by atoms with Crippen LogP contribution in [0, 0.1) is 24.3 Å². The zero-order chi connectivity index (χ0) is 43.2. The van der Waals surface area contributed by atoms with Gasteiger partial charge in [-0.3, -0.25) is 9.97 Å². The summed E-state index contributed by atoms with van der Waals surface area (Å²) in [6.45, 7) is 0. The van der Waals surface area contributed by atoms with Crippen LogP contribution >= 0.6 is 0 Å². The Hall–Kier alpha value is -7.50. The van der Waals surface area contributed by atoms with Gasteiger partial charge in [0.25, 0.3) is 0 Å². The van der Waals surface area contributed by atoms with E-state index < -0.39 is 0 Å². The van der Waals surface area contributed by atoms with E-state index >= 15 is 0 Å². The Balaban J connectivity index is 0.000000175. The van der Waals surface area contributed by atoms with E-state index in [-0.39, 0.29) is 53.7 Å². The molecule has 10 heteroatoms. The summed E-state index contributed by atoms with van der Waals surface area (Å²) in [6, 6.07) is 66.2. The number of carbonyl (C=O) groups excluding carboxylic acids is 2. The minimum Gasteiger partial charge on any atom is -0.459 e. The van der Waals surface area contributed by atoms with Crippen molar-refractivity contribution in [2.24, 2.45) is 0 Å². The molecule has 11 rings (SSSR count). The predicted octanol–water partition coefficient (Wildman–Crippen LogP) is 12.5. The normalized spacial score (nSPS) is 10.6. The number of ketones is 2. The van der Waals surface area contributed by atoms with Gasteiger partial charge in [-0.25, -0.2) is 21.1 Å². The van der Waals surface area contributed by atoms with Crippen molar-refractivity contribution in [3.8, 4) is 34.4 Å². The zero-order valence-corrected chi connectivity index (χ0v) is 39.1. The largest absolute Gasteiger partial charge is 2.00 e. The van der Waals surface area contributed by atoms with Gasteiger partial charge in [0, 0.05) is 47.1 Å². The summed E-state index contributed by atoms with van der Waals surface area (Å²) in [7, 11) is 0. The van der Waals surface area contributed by atoms with Crippen molar-refractivity contribution in [2.75, 3.05) is 0 Å². The molecule has 0 amide bonds. The summed E-state index contributed by atoms with van der Waals surface area (Å²) in [5.41, 5.74) is 3.25. The molecule has 0 unspecified atom stereocenters. The van der Waals surface area contributed by atoms with Gasteiger partial charge >= 0.3 is 42.1 Å². The smallest absolute Gasteiger partial charge is 0.459 e. The predicted molar refractivity (Wildman–Crippen MR) is 248 cm³/mol. The van der Waals surface area contributed by atoms with Gasteiger partial charge in [0.15, 0.2) is 0 Å². The second-order valence-electron chi connectivity index (χ2n) is 14.6. The Morgan fingerprint density at radius 3 is 1.23 bits per heavy atom. The number of nitrogens with zero attached hydrogens (tertiary/aromatic N) is 4. The number of carbonyl (C=O) groups is 2. The number of fused-ring (bicyclic) bond motifs is 5. The van der Waals surface area contributed by atoms with Crippen LogP contribution in [0.25, 0.3) is 54.2 Å². The van der Waals surface area contributed by atoms with Gasteiger partial charge in [-0.1, -0.05) is 59.7 Å². The van der Waals surface area contributed by atoms with Crippen LogP contribution in [0.4, 0.5) is 0 Å². The van der Waals surface area contributed by atoms with Crippen LogP contribution in [0.5, 0.6) is 23.3 Å². The molecule has 0 radical (unpaired) electrons. The molecule has 0 fully saturated rings. The topological polar surface area (TPSA) is 104 Å². The molecule has 0 atom stereocenters. The molecular weight excluding hydrogens is 1180 g/mol. The summed E-state index contributed by atoms with van der Waals surface area (Å²) >= 11 is 0. The molecule has 0 N–H and O–H groups in total. The van der Waals surface area contributed by atoms with E-state index in [0.717, 1.165) is 54.2 Å². The standard InChI is InChI=1S/C30H18N2O2.C26H14N2O2.2Pt/c1-3-13-27-21(7-1)15-17-31-29(27)33-25-11-5-9-23(19-25)24-10-6-12-26(20-24)34-30-28-14-4-2-8-22(28)16-18-32-30;29-25(23-5-1-3-13-27-23)19-11-9-17-7-8-18-10-12-20(16-22(18)21(17)15-19)26(30)24-6-2-4-14-28-24;;/h1-18H;1-14H;;/q2*-2;2*+2. The monoisotopic (exact) mass is 1210 g/mol. The molecule has 7 aromatic carbocycles. The van der Waals surface area contributed by atoms with Gasteiger partial charge < -0.3 is 19.1 Å². The first-order valence-electron chi connectivity index (χ1n) is 20.3. The molecule has 0 saturated heterocycles. The number of benzene rings is 7. The minimum atomic E-state index is -0.199. The molecule has 66 heavy (non-hydrogen) atoms. The van der Waals surface area contributed by atoms with E-state index in [1.165, 1.54) is 0 Å². The fourth-order valence-electron chi connectivity index (χ4n) is 7.30. The molecule has 0 spiro atoms. The summed E-state index contributed by atoms with van der Waals surface area (Å²) in [5.74, 6) is 1.86. The minimum absolute atomic E-state index is 0. The van der Waals surface area contributed by atoms with Gasteiger partial charge in [0.2, 0.25) is 11.8 Å². The fraction of sp³-hybridized carbons (Fsp3) is 0. The summed E-state index contributed by atoms with van der Waals surface area (Å²) in [6.07, 6.45) is 6.68. The second kappa shape index (κ2) is 20.6. The summed E-state index contributed by atoms with van der Waals surface area (Å²) in [5, 5.41) is 7.36. The van der Waals surface area contributed by atoms with Crippen LogP contribution < -0.4 is 9.47 Å². The van der Waals surface area contributed by atoms with Crippen molar-refractivity contribution in [1.29, 1.82) is 0 Å². The molecule has 11 aromatic rings. The zero-order valence-electron chi connectivity index (χ0n) is 34.5. The van der Waals surface area contributed by atoms with Gasteiger partial charge in [-0.05, 0) is 59.3 Å². The molecule has 0 bridgehead atoms. The molecule has 0 aliphatic carbocycles. The molecule has 8 nitrogen and oxygen atoms in total. The van der Waals surface area contributed by atoms with Crippen LogP contribution in [0.2, 0.25) is 0 Å². The maximum atomic E-state index is 12.8. The third kappa shape index (κ3) is 9.76. The van der Waals surface area contributed by atoms with Crippen LogP contribution in [0.3, 0.4) is 0 Å². The van der Waals surface area contributed by atoms with Crippen molar-refractivity contribution >= 4 is 54.7 Å². The molecule has 4 heterocycles. The Kier molecular flexibility index (Phi) is 14.0. The quantitative estimate of drug-likeness (QED) is 0.0800. The first kappa shape index (κ1) is 45.1. The van der Waals surface area contributed by atoms with Crippen molar-refractivity contribution in [2.45, 2.75) is 0 Å². The Bertz CT molecular complexity index is 3270. The molecule has 0 saturated carbocycles. The van der Waals surface area contributed by atoms with Crippen molar-refractivity contribution in [3.63, 3.8) is 0 Å². The maximum absolute atomic E-state index is 12.8. The van der Waals surface area contributed by atoms with E-state index in [9.17, 15) is 9.59 Å². The Labute approximate surface area is 408 Å². The van der Waals surface area contributed by atoms with E-state index in [1.807, 2.05) is 121 Å². The first-order valence-corrected chi connectivity index (χ1v) is 20.3. The van der Waals surface area contributed by atoms with Gasteiger partial charge in [-0.15, -0.1) is 71.4 Å². The average Bonchev–Trinajstić information content (AvgIpc) is 3.37. The number of hydrogen-bond donors (Lipinski definition) is 0. The van der Waals surface area contributed by atoms with E-state index in [1.54, 1.807) is 73.3 Å². The van der Waals surface area contributed by atoms with E-state index in [4.69, 9.17) is 9.47 Å².